The van der Waals surface area contributed by atoms with Crippen molar-refractivity contribution < 1.29 is 23.8 Å². The van der Waals surface area contributed by atoms with Crippen molar-refractivity contribution in [1.29, 1.82) is 0 Å². The molecule has 5 rings (SSSR count). The average Bonchev–Trinajstić information content (AvgIpc) is 3.33. The van der Waals surface area contributed by atoms with Gasteiger partial charge in [0.05, 0.1) is 49.8 Å². The first-order chi connectivity index (χ1) is 15.0. The summed E-state index contributed by atoms with van der Waals surface area (Å²) in [6.45, 7) is 4.27. The quantitative estimate of drug-likeness (QED) is 0.653. The molecule has 1 fully saturated rings. The van der Waals surface area contributed by atoms with Crippen molar-refractivity contribution in [2.75, 3.05) is 43.1 Å². The number of aromatic nitrogens is 3. The molecule has 2 aliphatic rings. The summed E-state index contributed by atoms with van der Waals surface area (Å²) in [5.74, 6) is -0.237. The summed E-state index contributed by atoms with van der Waals surface area (Å²) in [4.78, 5) is 19.2. The molecular weight excluding hydrogens is 405 g/mol. The molecule has 0 bridgehead atoms. The van der Waals surface area contributed by atoms with Gasteiger partial charge in [0.2, 0.25) is 0 Å². The van der Waals surface area contributed by atoms with Crippen LogP contribution in [0, 0.1) is 5.82 Å². The highest BCUT2D eigenvalue weighted by Gasteiger charge is 2.35. The molecule has 0 spiro atoms. The lowest BCUT2D eigenvalue weighted by Crippen LogP contribution is -2.36. The highest BCUT2D eigenvalue weighted by atomic mass is 19.1. The summed E-state index contributed by atoms with van der Waals surface area (Å²) in [6, 6.07) is 3.79. The van der Waals surface area contributed by atoms with Crippen LogP contribution in [0.4, 0.5) is 15.8 Å². The number of anilines is 2. The van der Waals surface area contributed by atoms with E-state index >= 15 is 0 Å². The summed E-state index contributed by atoms with van der Waals surface area (Å²) in [6.07, 6.45) is 4.11. The van der Waals surface area contributed by atoms with Gasteiger partial charge in [0.15, 0.2) is 11.5 Å². The predicted molar refractivity (Wildman–Crippen MR) is 110 cm³/mol. The summed E-state index contributed by atoms with van der Waals surface area (Å²) in [5, 5.41) is 16.7. The molecule has 162 valence electrons. The smallest absolute Gasteiger partial charge is 0.261 e. The Morgan fingerprint density at radius 2 is 2.13 bits per heavy atom. The second kappa shape index (κ2) is 7.47. The molecule has 2 aliphatic heterocycles. The molecule has 0 saturated carbocycles. The first-order valence-corrected chi connectivity index (χ1v) is 10.1. The van der Waals surface area contributed by atoms with Crippen molar-refractivity contribution in [3.8, 4) is 5.75 Å². The molecule has 4 heterocycles. The van der Waals surface area contributed by atoms with E-state index in [9.17, 15) is 14.3 Å². The second-order valence-corrected chi connectivity index (χ2v) is 8.02. The molecule has 1 aromatic carbocycles. The van der Waals surface area contributed by atoms with Gasteiger partial charge in [0.1, 0.15) is 16.9 Å². The van der Waals surface area contributed by atoms with Crippen molar-refractivity contribution in [3.63, 3.8) is 0 Å². The number of carbonyl (C=O) groups excluding carboxylic acids is 1. The van der Waals surface area contributed by atoms with Crippen molar-refractivity contribution in [2.24, 2.45) is 0 Å². The van der Waals surface area contributed by atoms with E-state index in [1.54, 1.807) is 0 Å². The van der Waals surface area contributed by atoms with Crippen LogP contribution >= 0.6 is 0 Å². The van der Waals surface area contributed by atoms with Crippen molar-refractivity contribution in [1.82, 2.24) is 14.6 Å². The van der Waals surface area contributed by atoms with Crippen molar-refractivity contribution in [2.45, 2.75) is 18.9 Å². The molecule has 31 heavy (non-hydrogen) atoms. The van der Waals surface area contributed by atoms with Gasteiger partial charge in [-0.3, -0.25) is 4.79 Å². The number of hydrogen-bond donors (Lipinski definition) is 2. The van der Waals surface area contributed by atoms with Gasteiger partial charge in [0.25, 0.3) is 5.91 Å². The van der Waals surface area contributed by atoms with Crippen LogP contribution in [-0.4, -0.2) is 64.1 Å². The van der Waals surface area contributed by atoms with Crippen LogP contribution in [0.2, 0.25) is 0 Å². The monoisotopic (exact) mass is 427 g/mol. The van der Waals surface area contributed by atoms with E-state index in [4.69, 9.17) is 9.47 Å². The van der Waals surface area contributed by atoms with Crippen molar-refractivity contribution in [3.05, 3.63) is 47.7 Å². The van der Waals surface area contributed by atoms with Crippen LogP contribution in [0.25, 0.3) is 5.65 Å². The van der Waals surface area contributed by atoms with Gasteiger partial charge < -0.3 is 24.8 Å². The Morgan fingerprint density at radius 3 is 2.90 bits per heavy atom. The molecule has 0 radical (unpaired) electrons. The van der Waals surface area contributed by atoms with E-state index in [2.05, 4.69) is 20.3 Å². The first-order valence-electron chi connectivity index (χ1n) is 10.1. The number of morpholine rings is 1. The molecule has 1 saturated heterocycles. The number of hydrogen-bond acceptors (Lipinski definition) is 7. The Morgan fingerprint density at radius 1 is 1.32 bits per heavy atom. The van der Waals surface area contributed by atoms with Crippen molar-refractivity contribution >= 4 is 22.9 Å². The zero-order valence-electron chi connectivity index (χ0n) is 17.0. The number of amides is 1. The Labute approximate surface area is 177 Å². The Hall–Kier alpha value is -3.24. The van der Waals surface area contributed by atoms with Gasteiger partial charge in [-0.15, -0.1) is 0 Å². The van der Waals surface area contributed by atoms with Crippen LogP contribution in [0.5, 0.6) is 5.75 Å². The lowest BCUT2D eigenvalue weighted by Gasteiger charge is -2.31. The van der Waals surface area contributed by atoms with Gasteiger partial charge in [-0.2, -0.15) is 5.10 Å². The van der Waals surface area contributed by atoms with Gasteiger partial charge in [-0.1, -0.05) is 0 Å². The highest BCUT2D eigenvalue weighted by molar-refractivity contribution is 6.09. The number of ether oxygens (including phenoxy) is 2. The minimum Gasteiger partial charge on any atom is -0.484 e. The second-order valence-electron chi connectivity index (χ2n) is 8.02. The number of halogens is 1. The number of nitrogens with one attached hydrogen (secondary N) is 1. The summed E-state index contributed by atoms with van der Waals surface area (Å²) in [7, 11) is 0. The third-order valence-electron chi connectivity index (χ3n) is 5.60. The maximum Gasteiger partial charge on any atom is 0.261 e. The van der Waals surface area contributed by atoms with E-state index in [-0.39, 0.29) is 17.8 Å². The number of nitrogens with zero attached hydrogens (tertiary/aromatic N) is 4. The summed E-state index contributed by atoms with van der Waals surface area (Å²) < 4.78 is 26.1. The van der Waals surface area contributed by atoms with Gasteiger partial charge >= 0.3 is 0 Å². The fourth-order valence-electron chi connectivity index (χ4n) is 4.01. The molecule has 1 atom stereocenters. The molecule has 1 amide bonds. The van der Waals surface area contributed by atoms with E-state index in [0.717, 1.165) is 17.4 Å². The molecule has 2 aromatic heterocycles. The number of aliphatic hydroxyl groups excluding tert-OH is 1. The minimum absolute atomic E-state index is 0.110. The Bertz CT molecular complexity index is 1160. The van der Waals surface area contributed by atoms with Gasteiger partial charge in [-0.05, 0) is 13.0 Å². The topological polar surface area (TPSA) is 101 Å². The van der Waals surface area contributed by atoms with Crippen LogP contribution in [-0.2, 0) is 11.2 Å². The summed E-state index contributed by atoms with van der Waals surface area (Å²) >= 11 is 0. The van der Waals surface area contributed by atoms with Gasteiger partial charge in [-0.25, -0.2) is 13.9 Å². The van der Waals surface area contributed by atoms with E-state index in [1.807, 2.05) is 19.1 Å². The standard InChI is InChI=1S/C21H22FN5O4/c1-21(12-28)8-13-6-16(17(7-18(13)31-21)26-2-4-30-5-3-26)25-20(29)15-10-24-27-11-14(22)9-23-19(15)27/h6-7,9-11,28H,2-5,8,12H2,1H3,(H,25,29). The largest absolute Gasteiger partial charge is 0.484 e. The van der Waals surface area contributed by atoms with Crippen LogP contribution in [0.3, 0.4) is 0 Å². The van der Waals surface area contributed by atoms with Crippen LogP contribution in [0.15, 0.2) is 30.7 Å². The number of carbonyl (C=O) groups is 1. The molecule has 9 nitrogen and oxygen atoms in total. The SMILES string of the molecule is CC1(CO)Cc2cc(NC(=O)c3cnn4cc(F)cnc34)c(N3CCOCC3)cc2O1. The van der Waals surface area contributed by atoms with Crippen LogP contribution in [0.1, 0.15) is 22.8 Å². The summed E-state index contributed by atoms with van der Waals surface area (Å²) in [5.41, 5.74) is 2.16. The fourth-order valence-corrected chi connectivity index (χ4v) is 4.01. The Balaban J connectivity index is 1.51. The normalized spacial score (nSPS) is 20.5. The number of rotatable bonds is 4. The molecule has 1 unspecified atom stereocenters. The minimum atomic E-state index is -0.691. The molecular formula is C21H22FN5O4. The lowest BCUT2D eigenvalue weighted by atomic mass is 9.99. The van der Waals surface area contributed by atoms with Crippen LogP contribution < -0.4 is 15.0 Å². The highest BCUT2D eigenvalue weighted by Crippen LogP contribution is 2.42. The van der Waals surface area contributed by atoms with Gasteiger partial charge in [0, 0.05) is 31.1 Å². The van der Waals surface area contributed by atoms with E-state index < -0.39 is 17.3 Å². The zero-order chi connectivity index (χ0) is 21.6. The number of benzene rings is 1. The molecule has 3 aromatic rings. The third kappa shape index (κ3) is 3.57. The number of aliphatic hydroxyl groups is 1. The Kier molecular flexibility index (Phi) is 4.75. The fraction of sp³-hybridized carbons (Fsp3) is 0.381. The zero-order valence-corrected chi connectivity index (χ0v) is 17.0. The molecule has 0 aliphatic carbocycles. The molecule has 2 N–H and O–H groups in total. The predicted octanol–water partition coefficient (Wildman–Crippen LogP) is 1.64. The number of fused-ring (bicyclic) bond motifs is 2. The van der Waals surface area contributed by atoms with E-state index in [0.29, 0.717) is 44.2 Å². The van der Waals surface area contributed by atoms with E-state index in [1.165, 1.54) is 16.9 Å². The lowest BCUT2D eigenvalue weighted by molar-refractivity contribution is 0.0446. The maximum absolute atomic E-state index is 13.4. The third-order valence-corrected chi connectivity index (χ3v) is 5.60. The first kappa shape index (κ1) is 19.7. The maximum atomic E-state index is 13.4. The average molecular weight is 427 g/mol. The molecule has 10 heteroatoms.